The van der Waals surface area contributed by atoms with Gasteiger partial charge in [0.05, 0.1) is 6.04 Å². The maximum absolute atomic E-state index is 5.87. The highest BCUT2D eigenvalue weighted by Crippen LogP contribution is 2.37. The van der Waals surface area contributed by atoms with Crippen LogP contribution in [-0.2, 0) is 6.42 Å². The SMILES string of the molecule is Cc1cc(Br)cc(C)c1NC1CCc2cc(N)ccc21. The molecule has 1 aliphatic carbocycles. The number of hydrogen-bond acceptors (Lipinski definition) is 2. The van der Waals surface area contributed by atoms with E-state index >= 15 is 0 Å². The zero-order valence-corrected chi connectivity index (χ0v) is 13.4. The van der Waals surface area contributed by atoms with E-state index in [-0.39, 0.29) is 0 Å². The molecule has 0 radical (unpaired) electrons. The van der Waals surface area contributed by atoms with Crippen molar-refractivity contribution in [2.45, 2.75) is 32.7 Å². The van der Waals surface area contributed by atoms with E-state index in [1.807, 2.05) is 6.07 Å². The lowest BCUT2D eigenvalue weighted by Gasteiger charge is -2.20. The van der Waals surface area contributed by atoms with E-state index in [1.165, 1.54) is 27.9 Å². The van der Waals surface area contributed by atoms with Gasteiger partial charge in [0.25, 0.3) is 0 Å². The van der Waals surface area contributed by atoms with Crippen molar-refractivity contribution in [3.05, 3.63) is 57.1 Å². The summed E-state index contributed by atoms with van der Waals surface area (Å²) >= 11 is 3.55. The number of anilines is 2. The monoisotopic (exact) mass is 330 g/mol. The van der Waals surface area contributed by atoms with Crippen LogP contribution in [0.5, 0.6) is 0 Å². The van der Waals surface area contributed by atoms with Gasteiger partial charge in [-0.3, -0.25) is 0 Å². The van der Waals surface area contributed by atoms with E-state index < -0.39 is 0 Å². The number of nitrogens with two attached hydrogens (primary N) is 1. The van der Waals surface area contributed by atoms with E-state index in [0.29, 0.717) is 6.04 Å². The third kappa shape index (κ3) is 2.42. The van der Waals surface area contributed by atoms with Gasteiger partial charge in [-0.15, -0.1) is 0 Å². The lowest BCUT2D eigenvalue weighted by Crippen LogP contribution is -2.09. The van der Waals surface area contributed by atoms with Gasteiger partial charge in [-0.1, -0.05) is 22.0 Å². The van der Waals surface area contributed by atoms with Gasteiger partial charge in [0, 0.05) is 15.8 Å². The fourth-order valence-corrected chi connectivity index (χ4v) is 3.79. The number of aryl methyl sites for hydroxylation is 3. The van der Waals surface area contributed by atoms with Crippen LogP contribution in [0.3, 0.4) is 0 Å². The summed E-state index contributed by atoms with van der Waals surface area (Å²) in [5.41, 5.74) is 13.3. The molecular weight excluding hydrogens is 312 g/mol. The standard InChI is InChI=1S/C17H19BrN2/c1-10-7-13(18)8-11(2)17(10)20-16-6-3-12-9-14(19)4-5-15(12)16/h4-5,7-9,16,20H,3,6,19H2,1-2H3. The molecule has 1 unspecified atom stereocenters. The highest BCUT2D eigenvalue weighted by Gasteiger charge is 2.23. The van der Waals surface area contributed by atoms with Gasteiger partial charge in [0.15, 0.2) is 0 Å². The number of nitrogen functional groups attached to an aromatic ring is 1. The second-order valence-corrected chi connectivity index (χ2v) is 6.52. The molecule has 0 heterocycles. The van der Waals surface area contributed by atoms with E-state index in [4.69, 9.17) is 5.73 Å². The number of halogens is 1. The van der Waals surface area contributed by atoms with E-state index in [9.17, 15) is 0 Å². The molecule has 0 amide bonds. The molecule has 1 aliphatic rings. The maximum Gasteiger partial charge on any atom is 0.0519 e. The molecule has 2 nitrogen and oxygen atoms in total. The summed E-state index contributed by atoms with van der Waals surface area (Å²) in [5, 5.41) is 3.72. The first-order valence-corrected chi connectivity index (χ1v) is 7.75. The Bertz CT molecular complexity index is 641. The average Bonchev–Trinajstić information content (AvgIpc) is 2.76. The summed E-state index contributed by atoms with van der Waals surface area (Å²) < 4.78 is 1.14. The molecular formula is C17H19BrN2. The van der Waals surface area contributed by atoms with Gasteiger partial charge in [0.2, 0.25) is 0 Å². The first-order chi connectivity index (χ1) is 9.54. The molecule has 3 rings (SSSR count). The van der Waals surface area contributed by atoms with Gasteiger partial charge in [-0.05, 0) is 73.2 Å². The van der Waals surface area contributed by atoms with Crippen molar-refractivity contribution in [3.8, 4) is 0 Å². The molecule has 0 fully saturated rings. The minimum atomic E-state index is 0.393. The molecule has 104 valence electrons. The topological polar surface area (TPSA) is 38.0 Å². The Hall–Kier alpha value is -1.48. The first-order valence-electron chi connectivity index (χ1n) is 6.96. The summed E-state index contributed by atoms with van der Waals surface area (Å²) in [5.74, 6) is 0. The molecule has 0 aliphatic heterocycles. The van der Waals surface area contributed by atoms with Crippen LogP contribution in [-0.4, -0.2) is 0 Å². The third-order valence-corrected chi connectivity index (χ3v) is 4.52. The minimum Gasteiger partial charge on any atom is -0.399 e. The fourth-order valence-electron chi connectivity index (χ4n) is 3.10. The quantitative estimate of drug-likeness (QED) is 0.780. The van der Waals surface area contributed by atoms with Crippen LogP contribution < -0.4 is 11.1 Å². The molecule has 1 atom stereocenters. The van der Waals surface area contributed by atoms with Crippen LogP contribution in [0.15, 0.2) is 34.8 Å². The summed E-state index contributed by atoms with van der Waals surface area (Å²) in [6, 6.07) is 11.0. The predicted octanol–water partition coefficient (Wildman–Crippen LogP) is 4.75. The maximum atomic E-state index is 5.87. The van der Waals surface area contributed by atoms with Crippen LogP contribution in [0.4, 0.5) is 11.4 Å². The number of benzene rings is 2. The molecule has 2 aromatic carbocycles. The molecule has 0 bridgehead atoms. The van der Waals surface area contributed by atoms with Crippen molar-refractivity contribution in [1.29, 1.82) is 0 Å². The van der Waals surface area contributed by atoms with Gasteiger partial charge in [0.1, 0.15) is 0 Å². The van der Waals surface area contributed by atoms with Gasteiger partial charge >= 0.3 is 0 Å². The van der Waals surface area contributed by atoms with Crippen molar-refractivity contribution in [2.75, 3.05) is 11.1 Å². The molecule has 0 spiro atoms. The molecule has 3 heteroatoms. The number of nitrogens with one attached hydrogen (secondary N) is 1. The molecule has 3 N–H and O–H groups in total. The molecule has 20 heavy (non-hydrogen) atoms. The van der Waals surface area contributed by atoms with Crippen LogP contribution >= 0.6 is 15.9 Å². The normalized spacial score (nSPS) is 17.1. The number of rotatable bonds is 2. The molecule has 2 aromatic rings. The lowest BCUT2D eigenvalue weighted by molar-refractivity contribution is 0.760. The number of fused-ring (bicyclic) bond motifs is 1. The Morgan fingerprint density at radius 1 is 1.15 bits per heavy atom. The zero-order valence-electron chi connectivity index (χ0n) is 11.8. The van der Waals surface area contributed by atoms with Crippen LogP contribution in [0.2, 0.25) is 0 Å². The highest BCUT2D eigenvalue weighted by atomic mass is 79.9. The second kappa shape index (κ2) is 5.13. The summed E-state index contributed by atoms with van der Waals surface area (Å²) in [4.78, 5) is 0. The Morgan fingerprint density at radius 3 is 2.55 bits per heavy atom. The van der Waals surface area contributed by atoms with Crippen LogP contribution in [0.1, 0.15) is 34.7 Å². The lowest BCUT2D eigenvalue weighted by atomic mass is 10.0. The van der Waals surface area contributed by atoms with Crippen molar-refractivity contribution < 1.29 is 0 Å². The summed E-state index contributed by atoms with van der Waals surface area (Å²) in [6.07, 6.45) is 2.24. The Labute approximate surface area is 128 Å². The second-order valence-electron chi connectivity index (χ2n) is 5.61. The van der Waals surface area contributed by atoms with E-state index in [1.54, 1.807) is 0 Å². The van der Waals surface area contributed by atoms with Crippen molar-refractivity contribution in [1.82, 2.24) is 0 Å². The van der Waals surface area contributed by atoms with Gasteiger partial charge in [-0.2, -0.15) is 0 Å². The largest absolute Gasteiger partial charge is 0.399 e. The Balaban J connectivity index is 1.91. The van der Waals surface area contributed by atoms with Gasteiger partial charge < -0.3 is 11.1 Å². The van der Waals surface area contributed by atoms with Crippen LogP contribution in [0, 0.1) is 13.8 Å². The van der Waals surface area contributed by atoms with E-state index in [2.05, 4.69) is 59.4 Å². The molecule has 0 saturated heterocycles. The summed E-state index contributed by atoms with van der Waals surface area (Å²) in [6.45, 7) is 4.30. The van der Waals surface area contributed by atoms with Crippen molar-refractivity contribution in [3.63, 3.8) is 0 Å². The number of hydrogen-bond donors (Lipinski definition) is 2. The zero-order chi connectivity index (χ0) is 14.3. The smallest absolute Gasteiger partial charge is 0.0519 e. The third-order valence-electron chi connectivity index (χ3n) is 4.06. The molecule has 0 saturated carbocycles. The molecule has 0 aromatic heterocycles. The van der Waals surface area contributed by atoms with E-state index in [0.717, 1.165) is 23.0 Å². The van der Waals surface area contributed by atoms with Crippen LogP contribution in [0.25, 0.3) is 0 Å². The Kier molecular flexibility index (Phi) is 3.47. The highest BCUT2D eigenvalue weighted by molar-refractivity contribution is 9.10. The Morgan fingerprint density at radius 2 is 1.85 bits per heavy atom. The van der Waals surface area contributed by atoms with Crippen molar-refractivity contribution >= 4 is 27.3 Å². The summed E-state index contributed by atoms with van der Waals surface area (Å²) in [7, 11) is 0. The van der Waals surface area contributed by atoms with Gasteiger partial charge in [-0.25, -0.2) is 0 Å². The first kappa shape index (κ1) is 13.5. The average molecular weight is 331 g/mol. The minimum absolute atomic E-state index is 0.393. The fraction of sp³-hybridized carbons (Fsp3) is 0.294. The van der Waals surface area contributed by atoms with Crippen molar-refractivity contribution in [2.24, 2.45) is 0 Å². The predicted molar refractivity (Wildman–Crippen MR) is 89.2 cm³/mol.